The Morgan fingerprint density at radius 2 is 1.69 bits per heavy atom. The van der Waals surface area contributed by atoms with Crippen LogP contribution in [0.15, 0.2) is 59.9 Å². The number of halogens is 1. The second kappa shape index (κ2) is 9.57. The summed E-state index contributed by atoms with van der Waals surface area (Å²) in [5.74, 6) is -0.174. The van der Waals surface area contributed by atoms with Gasteiger partial charge in [-0.25, -0.2) is 32.1 Å². The van der Waals surface area contributed by atoms with E-state index in [1.54, 1.807) is 34.9 Å². The normalized spacial score (nSPS) is 18.6. The lowest BCUT2D eigenvalue weighted by atomic mass is 9.92. The van der Waals surface area contributed by atoms with Crippen LogP contribution in [-0.4, -0.2) is 58.3 Å². The second-order valence-corrected chi connectivity index (χ2v) is 11.4. The highest BCUT2D eigenvalue weighted by atomic mass is 32.2. The predicted molar refractivity (Wildman–Crippen MR) is 136 cm³/mol. The van der Waals surface area contributed by atoms with Crippen LogP contribution in [0.2, 0.25) is 0 Å². The Bertz CT molecular complexity index is 1490. The molecule has 0 radical (unpaired) electrons. The van der Waals surface area contributed by atoms with Gasteiger partial charge in [-0.1, -0.05) is 12.1 Å². The Hall–Kier alpha value is -3.41. The van der Waals surface area contributed by atoms with Crippen LogP contribution in [-0.2, 0) is 10.0 Å². The first kappa shape index (κ1) is 24.3. The molecule has 0 saturated heterocycles. The highest BCUT2D eigenvalue weighted by molar-refractivity contribution is 7.89. The van der Waals surface area contributed by atoms with Crippen molar-refractivity contribution >= 4 is 21.6 Å². The molecule has 3 aromatic heterocycles. The SMILES string of the molecule is CN(C)S(=O)(=O)c1ccc(-c2ccc3ncc(-c4nc(N[C@H]5CC[C@H](N)CC5)ncc4F)n3c2)cc1. The van der Waals surface area contributed by atoms with Gasteiger partial charge in [0.05, 0.1) is 23.0 Å². The van der Waals surface area contributed by atoms with Gasteiger partial charge in [-0.3, -0.25) is 4.40 Å². The van der Waals surface area contributed by atoms with Gasteiger partial charge in [0.2, 0.25) is 16.0 Å². The van der Waals surface area contributed by atoms with Gasteiger partial charge in [0.15, 0.2) is 5.82 Å². The van der Waals surface area contributed by atoms with E-state index in [1.165, 1.54) is 24.6 Å². The van der Waals surface area contributed by atoms with Crippen molar-refractivity contribution in [1.29, 1.82) is 0 Å². The van der Waals surface area contributed by atoms with E-state index in [9.17, 15) is 12.8 Å². The number of sulfonamides is 1. The number of hydrogen-bond acceptors (Lipinski definition) is 7. The van der Waals surface area contributed by atoms with E-state index < -0.39 is 15.8 Å². The smallest absolute Gasteiger partial charge is 0.242 e. The molecule has 3 heterocycles. The summed E-state index contributed by atoms with van der Waals surface area (Å²) in [5.41, 5.74) is 8.91. The summed E-state index contributed by atoms with van der Waals surface area (Å²) < 4.78 is 42.6. The molecule has 11 heteroatoms. The third kappa shape index (κ3) is 4.69. The number of fused-ring (bicyclic) bond motifs is 1. The fraction of sp³-hybridized carbons (Fsp3) is 0.320. The number of aromatic nitrogens is 4. The first-order valence-corrected chi connectivity index (χ1v) is 13.2. The zero-order valence-electron chi connectivity index (χ0n) is 20.1. The van der Waals surface area contributed by atoms with Crippen molar-refractivity contribution in [2.45, 2.75) is 42.7 Å². The Morgan fingerprint density at radius 3 is 2.39 bits per heavy atom. The molecule has 1 aliphatic rings. The molecule has 5 rings (SSSR count). The minimum absolute atomic E-state index is 0.150. The van der Waals surface area contributed by atoms with Crippen LogP contribution in [0.3, 0.4) is 0 Å². The van der Waals surface area contributed by atoms with E-state index in [4.69, 9.17) is 5.73 Å². The van der Waals surface area contributed by atoms with E-state index in [2.05, 4.69) is 20.3 Å². The summed E-state index contributed by atoms with van der Waals surface area (Å²) in [6.45, 7) is 0. The van der Waals surface area contributed by atoms with Crippen molar-refractivity contribution in [3.63, 3.8) is 0 Å². The van der Waals surface area contributed by atoms with Gasteiger partial charge in [0.1, 0.15) is 11.3 Å². The molecule has 3 N–H and O–H groups in total. The van der Waals surface area contributed by atoms with Crippen LogP contribution in [0.4, 0.5) is 10.3 Å². The van der Waals surface area contributed by atoms with Crippen molar-refractivity contribution in [3.8, 4) is 22.5 Å². The van der Waals surface area contributed by atoms with Crippen LogP contribution >= 0.6 is 0 Å². The number of imidazole rings is 1. The summed E-state index contributed by atoms with van der Waals surface area (Å²) in [4.78, 5) is 13.2. The van der Waals surface area contributed by atoms with Crippen LogP contribution < -0.4 is 11.1 Å². The molecule has 4 aromatic rings. The minimum atomic E-state index is -3.52. The molecule has 1 aliphatic carbocycles. The molecular weight excluding hydrogens is 481 g/mol. The summed E-state index contributed by atoms with van der Waals surface area (Å²) in [5, 5.41) is 3.31. The first-order valence-electron chi connectivity index (χ1n) is 11.8. The van der Waals surface area contributed by atoms with Crippen LogP contribution in [0.5, 0.6) is 0 Å². The number of hydrogen-bond donors (Lipinski definition) is 2. The number of rotatable bonds is 6. The average molecular weight is 510 g/mol. The van der Waals surface area contributed by atoms with Gasteiger partial charge in [-0.05, 0) is 61.1 Å². The van der Waals surface area contributed by atoms with Crippen LogP contribution in [0.25, 0.3) is 28.2 Å². The van der Waals surface area contributed by atoms with Gasteiger partial charge in [-0.2, -0.15) is 0 Å². The first-order chi connectivity index (χ1) is 17.2. The maximum absolute atomic E-state index is 14.9. The molecular formula is C25H28FN7O2S. The quantitative estimate of drug-likeness (QED) is 0.408. The maximum Gasteiger partial charge on any atom is 0.242 e. The second-order valence-electron chi connectivity index (χ2n) is 9.25. The Balaban J connectivity index is 1.47. The van der Waals surface area contributed by atoms with Gasteiger partial charge in [0, 0.05) is 32.4 Å². The molecule has 9 nitrogen and oxygen atoms in total. The number of nitrogens with one attached hydrogen (secondary N) is 1. The van der Waals surface area contributed by atoms with Gasteiger partial charge >= 0.3 is 0 Å². The average Bonchev–Trinajstić information content (AvgIpc) is 3.29. The van der Waals surface area contributed by atoms with E-state index in [0.29, 0.717) is 17.3 Å². The lowest BCUT2D eigenvalue weighted by Gasteiger charge is -2.26. The zero-order chi connectivity index (χ0) is 25.4. The molecule has 1 saturated carbocycles. The van der Waals surface area contributed by atoms with Crippen LogP contribution in [0, 0.1) is 5.82 Å². The fourth-order valence-electron chi connectivity index (χ4n) is 4.42. The molecule has 0 spiro atoms. The summed E-state index contributed by atoms with van der Waals surface area (Å²) >= 11 is 0. The van der Waals surface area contributed by atoms with E-state index >= 15 is 0 Å². The Labute approximate surface area is 209 Å². The summed E-state index contributed by atoms with van der Waals surface area (Å²) in [6, 6.07) is 10.8. The number of anilines is 1. The van der Waals surface area contributed by atoms with Gasteiger partial charge in [-0.15, -0.1) is 0 Å². The maximum atomic E-state index is 14.9. The number of benzene rings is 1. The van der Waals surface area contributed by atoms with Crippen molar-refractivity contribution in [1.82, 2.24) is 23.7 Å². The molecule has 0 aliphatic heterocycles. The Morgan fingerprint density at radius 1 is 1.00 bits per heavy atom. The standard InChI is InChI=1S/C25H28FN7O2S/c1-32(2)36(34,35)20-10-3-16(4-11-20)17-5-12-23-28-14-22(33(23)15-17)24-21(26)13-29-25(31-24)30-19-8-6-18(27)7-9-19/h3-5,10-15,18-19H,6-9,27H2,1-2H3,(H,29,30,31)/t18-,19-. The van der Waals surface area contributed by atoms with E-state index in [-0.39, 0.29) is 22.7 Å². The number of pyridine rings is 1. The highest BCUT2D eigenvalue weighted by Crippen LogP contribution is 2.28. The number of nitrogens with zero attached hydrogens (tertiary/aromatic N) is 5. The lowest BCUT2D eigenvalue weighted by Crippen LogP contribution is -2.33. The topological polar surface area (TPSA) is 119 Å². The molecule has 188 valence electrons. The Kier molecular flexibility index (Phi) is 6.45. The summed E-state index contributed by atoms with van der Waals surface area (Å²) in [7, 11) is -0.526. The number of nitrogens with two attached hydrogens (primary N) is 1. The molecule has 1 fully saturated rings. The largest absolute Gasteiger partial charge is 0.351 e. The molecule has 1 aromatic carbocycles. The monoisotopic (exact) mass is 509 g/mol. The third-order valence-electron chi connectivity index (χ3n) is 6.56. The van der Waals surface area contributed by atoms with Gasteiger partial charge < -0.3 is 11.1 Å². The van der Waals surface area contributed by atoms with Gasteiger partial charge in [0.25, 0.3) is 0 Å². The fourth-order valence-corrected chi connectivity index (χ4v) is 5.32. The third-order valence-corrected chi connectivity index (χ3v) is 8.39. The van der Waals surface area contributed by atoms with E-state index in [0.717, 1.165) is 36.8 Å². The molecule has 0 amide bonds. The van der Waals surface area contributed by atoms with Crippen molar-refractivity contribution in [2.75, 3.05) is 19.4 Å². The molecule has 0 bridgehead atoms. The lowest BCUT2D eigenvalue weighted by molar-refractivity contribution is 0.409. The molecule has 0 atom stereocenters. The van der Waals surface area contributed by atoms with E-state index in [1.807, 2.05) is 18.3 Å². The summed E-state index contributed by atoms with van der Waals surface area (Å²) in [6.07, 6.45) is 8.31. The van der Waals surface area contributed by atoms with Crippen molar-refractivity contribution in [3.05, 3.63) is 60.8 Å². The van der Waals surface area contributed by atoms with Crippen molar-refractivity contribution < 1.29 is 12.8 Å². The predicted octanol–water partition coefficient (Wildman–Crippen LogP) is 3.53. The molecule has 0 unspecified atom stereocenters. The van der Waals surface area contributed by atoms with Crippen molar-refractivity contribution in [2.24, 2.45) is 5.73 Å². The molecule has 36 heavy (non-hydrogen) atoms. The zero-order valence-corrected chi connectivity index (χ0v) is 20.9. The van der Waals surface area contributed by atoms with Crippen LogP contribution in [0.1, 0.15) is 25.7 Å². The highest BCUT2D eigenvalue weighted by Gasteiger charge is 2.21. The minimum Gasteiger partial charge on any atom is -0.351 e.